The summed E-state index contributed by atoms with van der Waals surface area (Å²) < 4.78 is 32.9. The zero-order chi connectivity index (χ0) is 21.0. The van der Waals surface area contributed by atoms with E-state index in [1.54, 1.807) is 41.9 Å². The Morgan fingerprint density at radius 1 is 0.867 bits per heavy atom. The van der Waals surface area contributed by atoms with E-state index in [2.05, 4.69) is 4.99 Å². The number of rotatable bonds is 5. The van der Waals surface area contributed by atoms with Gasteiger partial charge in [-0.05, 0) is 54.6 Å². The van der Waals surface area contributed by atoms with Crippen LogP contribution in [0.15, 0.2) is 70.6 Å². The summed E-state index contributed by atoms with van der Waals surface area (Å²) in [6, 6.07) is 18.8. The summed E-state index contributed by atoms with van der Waals surface area (Å²) in [7, 11) is -1.77. The molecule has 1 fully saturated rings. The van der Waals surface area contributed by atoms with Crippen LogP contribution in [0.25, 0.3) is 10.8 Å². The summed E-state index contributed by atoms with van der Waals surface area (Å²) in [5.41, 5.74) is 1.69. The van der Waals surface area contributed by atoms with Crippen molar-refractivity contribution >= 4 is 32.7 Å². The molecule has 0 N–H and O–H groups in total. The van der Waals surface area contributed by atoms with Crippen LogP contribution in [-0.4, -0.2) is 39.1 Å². The number of hydrogen-bond acceptors (Lipinski definition) is 4. The van der Waals surface area contributed by atoms with Crippen LogP contribution >= 0.6 is 0 Å². The molecule has 4 rings (SSSR count). The van der Waals surface area contributed by atoms with E-state index in [4.69, 9.17) is 4.74 Å². The highest BCUT2D eigenvalue weighted by Gasteiger charge is 2.24. The Labute approximate surface area is 178 Å². The zero-order valence-electron chi connectivity index (χ0n) is 17.1. The number of hydrogen-bond donors (Lipinski definition) is 0. The number of benzene rings is 3. The Balaban J connectivity index is 1.57. The molecular weight excluding hydrogens is 396 g/mol. The van der Waals surface area contributed by atoms with Gasteiger partial charge in [-0.3, -0.25) is 4.99 Å². The average molecular weight is 423 g/mol. The Bertz CT molecular complexity index is 1150. The van der Waals surface area contributed by atoms with E-state index >= 15 is 0 Å². The molecule has 0 saturated carbocycles. The van der Waals surface area contributed by atoms with Crippen LogP contribution < -0.4 is 4.74 Å². The predicted octanol–water partition coefficient (Wildman–Crippen LogP) is 5.16. The highest BCUT2D eigenvalue weighted by molar-refractivity contribution is 7.89. The number of nitrogens with zero attached hydrogens (tertiary/aromatic N) is 2. The first-order chi connectivity index (χ1) is 14.6. The fourth-order valence-electron chi connectivity index (χ4n) is 3.86. The Morgan fingerprint density at radius 3 is 2.20 bits per heavy atom. The van der Waals surface area contributed by atoms with Gasteiger partial charge in [0.05, 0.1) is 17.7 Å². The standard InChI is InChI=1S/C24H26N2O3S/c1-29-24-15-10-19(22-8-4-5-9-23(22)24)18-25-20-11-13-21(14-12-20)30(27,28)26-16-6-2-3-7-17-26/h4-5,8-15,18H,2-3,6-7,16-17H2,1H3. The van der Waals surface area contributed by atoms with Crippen molar-refractivity contribution in [3.8, 4) is 5.75 Å². The van der Waals surface area contributed by atoms with Crippen LogP contribution in [0.1, 0.15) is 31.2 Å². The Morgan fingerprint density at radius 2 is 1.53 bits per heavy atom. The smallest absolute Gasteiger partial charge is 0.243 e. The average Bonchev–Trinajstić information content (AvgIpc) is 3.08. The van der Waals surface area contributed by atoms with Crippen LogP contribution in [0.3, 0.4) is 0 Å². The van der Waals surface area contributed by atoms with Crippen molar-refractivity contribution in [2.75, 3.05) is 20.2 Å². The molecule has 0 spiro atoms. The fraction of sp³-hybridized carbons (Fsp3) is 0.292. The molecule has 0 unspecified atom stereocenters. The minimum absolute atomic E-state index is 0.332. The molecule has 0 aliphatic carbocycles. The second-order valence-corrected chi connectivity index (χ2v) is 9.41. The van der Waals surface area contributed by atoms with Gasteiger partial charge in [-0.2, -0.15) is 4.31 Å². The maximum atomic E-state index is 12.9. The van der Waals surface area contributed by atoms with Gasteiger partial charge in [0.25, 0.3) is 0 Å². The van der Waals surface area contributed by atoms with Gasteiger partial charge in [0.15, 0.2) is 0 Å². The molecule has 30 heavy (non-hydrogen) atoms. The molecule has 3 aromatic rings. The molecule has 6 heteroatoms. The van der Waals surface area contributed by atoms with Crippen molar-refractivity contribution in [1.29, 1.82) is 0 Å². The lowest BCUT2D eigenvalue weighted by molar-refractivity contribution is 0.420. The molecule has 1 aliphatic rings. The summed E-state index contributed by atoms with van der Waals surface area (Å²) >= 11 is 0. The quantitative estimate of drug-likeness (QED) is 0.534. The van der Waals surface area contributed by atoms with Crippen LogP contribution in [-0.2, 0) is 10.0 Å². The summed E-state index contributed by atoms with van der Waals surface area (Å²) in [4.78, 5) is 4.89. The second kappa shape index (κ2) is 8.98. The number of sulfonamides is 1. The predicted molar refractivity (Wildman–Crippen MR) is 121 cm³/mol. The minimum atomic E-state index is -3.44. The van der Waals surface area contributed by atoms with E-state index in [9.17, 15) is 8.42 Å². The normalized spacial score (nSPS) is 16.0. The number of methoxy groups -OCH3 is 1. The summed E-state index contributed by atoms with van der Waals surface area (Å²) in [5.74, 6) is 0.825. The second-order valence-electron chi connectivity index (χ2n) is 7.47. The molecule has 3 aromatic carbocycles. The molecule has 1 heterocycles. The molecule has 5 nitrogen and oxygen atoms in total. The van der Waals surface area contributed by atoms with Crippen molar-refractivity contribution in [2.24, 2.45) is 4.99 Å². The van der Waals surface area contributed by atoms with Crippen LogP contribution in [0.4, 0.5) is 5.69 Å². The number of aliphatic imine (C=N–C) groups is 1. The van der Waals surface area contributed by atoms with Crippen molar-refractivity contribution in [2.45, 2.75) is 30.6 Å². The third kappa shape index (κ3) is 4.25. The van der Waals surface area contributed by atoms with Crippen molar-refractivity contribution < 1.29 is 13.2 Å². The number of fused-ring (bicyclic) bond motifs is 1. The maximum Gasteiger partial charge on any atom is 0.243 e. The van der Waals surface area contributed by atoms with Crippen LogP contribution in [0.2, 0.25) is 0 Å². The topological polar surface area (TPSA) is 59.0 Å². The SMILES string of the molecule is COc1ccc(C=Nc2ccc(S(=O)(=O)N3CCCCCC3)cc2)c2ccccc12. The summed E-state index contributed by atoms with van der Waals surface area (Å²) in [5, 5.41) is 2.09. The highest BCUT2D eigenvalue weighted by Crippen LogP contribution is 2.28. The lowest BCUT2D eigenvalue weighted by Gasteiger charge is -2.19. The van der Waals surface area contributed by atoms with E-state index < -0.39 is 10.0 Å². The Kier molecular flexibility index (Phi) is 6.16. The lowest BCUT2D eigenvalue weighted by atomic mass is 10.0. The van der Waals surface area contributed by atoms with Gasteiger partial charge in [-0.15, -0.1) is 0 Å². The Hall–Kier alpha value is -2.70. The van der Waals surface area contributed by atoms with Gasteiger partial charge < -0.3 is 4.74 Å². The van der Waals surface area contributed by atoms with Gasteiger partial charge in [0.1, 0.15) is 5.75 Å². The summed E-state index contributed by atoms with van der Waals surface area (Å²) in [6.07, 6.45) is 5.86. The third-order valence-corrected chi connectivity index (χ3v) is 7.44. The number of ether oxygens (including phenoxy) is 1. The molecule has 0 aromatic heterocycles. The molecule has 156 valence electrons. The van der Waals surface area contributed by atoms with E-state index in [0.717, 1.165) is 47.8 Å². The fourth-order valence-corrected chi connectivity index (χ4v) is 5.38. The molecule has 0 radical (unpaired) electrons. The van der Waals surface area contributed by atoms with Gasteiger partial charge in [-0.1, -0.05) is 37.1 Å². The molecule has 0 amide bonds. The molecular formula is C24H26N2O3S. The van der Waals surface area contributed by atoms with Crippen molar-refractivity contribution in [3.63, 3.8) is 0 Å². The third-order valence-electron chi connectivity index (χ3n) is 5.53. The van der Waals surface area contributed by atoms with E-state index in [-0.39, 0.29) is 0 Å². The van der Waals surface area contributed by atoms with Crippen LogP contribution in [0.5, 0.6) is 5.75 Å². The highest BCUT2D eigenvalue weighted by atomic mass is 32.2. The van der Waals surface area contributed by atoms with Gasteiger partial charge in [-0.25, -0.2) is 8.42 Å². The van der Waals surface area contributed by atoms with Gasteiger partial charge in [0, 0.05) is 30.3 Å². The molecule has 0 bridgehead atoms. The van der Waals surface area contributed by atoms with Gasteiger partial charge >= 0.3 is 0 Å². The van der Waals surface area contributed by atoms with Crippen molar-refractivity contribution in [1.82, 2.24) is 4.31 Å². The summed E-state index contributed by atoms with van der Waals surface area (Å²) in [6.45, 7) is 1.21. The van der Waals surface area contributed by atoms with E-state index in [1.165, 1.54) is 0 Å². The molecule has 1 aliphatic heterocycles. The molecule has 0 atom stereocenters. The first kappa shape index (κ1) is 20.6. The first-order valence-corrected chi connectivity index (χ1v) is 11.7. The first-order valence-electron chi connectivity index (χ1n) is 10.3. The van der Waals surface area contributed by atoms with E-state index in [0.29, 0.717) is 23.7 Å². The zero-order valence-corrected chi connectivity index (χ0v) is 17.9. The van der Waals surface area contributed by atoms with Gasteiger partial charge in [0.2, 0.25) is 10.0 Å². The van der Waals surface area contributed by atoms with Crippen molar-refractivity contribution in [3.05, 3.63) is 66.2 Å². The lowest BCUT2D eigenvalue weighted by Crippen LogP contribution is -2.31. The maximum absolute atomic E-state index is 12.9. The monoisotopic (exact) mass is 422 g/mol. The van der Waals surface area contributed by atoms with E-state index in [1.807, 2.05) is 36.4 Å². The minimum Gasteiger partial charge on any atom is -0.496 e. The molecule has 1 saturated heterocycles. The van der Waals surface area contributed by atoms with Crippen LogP contribution in [0, 0.1) is 0 Å². The largest absolute Gasteiger partial charge is 0.496 e.